The summed E-state index contributed by atoms with van der Waals surface area (Å²) in [6.45, 7) is 4.96. The van der Waals surface area contributed by atoms with E-state index in [1.165, 1.54) is 7.11 Å². The van der Waals surface area contributed by atoms with Gasteiger partial charge in [-0.25, -0.2) is 0 Å². The molecule has 0 aliphatic rings. The van der Waals surface area contributed by atoms with Crippen molar-refractivity contribution in [1.29, 1.82) is 5.26 Å². The molecule has 0 fully saturated rings. The first-order valence-corrected chi connectivity index (χ1v) is 6.68. The number of rotatable bonds is 7. The third-order valence-electron chi connectivity index (χ3n) is 2.74. The molecule has 1 aromatic carbocycles. The van der Waals surface area contributed by atoms with Gasteiger partial charge in [0.1, 0.15) is 5.75 Å². The highest BCUT2D eigenvalue weighted by Crippen LogP contribution is 2.25. The number of nitrogens with zero attached hydrogens (tertiary/aromatic N) is 1. The molecule has 0 atom stereocenters. The maximum absolute atomic E-state index is 11.8. The molecular weight excluding hydrogens is 254 g/mol. The summed E-state index contributed by atoms with van der Waals surface area (Å²) in [5.74, 6) is 0.441. The number of amides is 1. The smallest absolute Gasteiger partial charge is 0.224 e. The molecule has 0 aliphatic carbocycles. The molecule has 1 rings (SSSR count). The van der Waals surface area contributed by atoms with E-state index < -0.39 is 0 Å². The summed E-state index contributed by atoms with van der Waals surface area (Å²) in [6, 6.07) is 7.40. The molecule has 0 unspecified atom stereocenters. The van der Waals surface area contributed by atoms with Crippen LogP contribution in [0.5, 0.6) is 5.75 Å². The van der Waals surface area contributed by atoms with Crippen molar-refractivity contribution in [3.63, 3.8) is 0 Å². The van der Waals surface area contributed by atoms with Gasteiger partial charge in [0.2, 0.25) is 5.91 Å². The third-order valence-corrected chi connectivity index (χ3v) is 2.74. The second-order valence-electron chi connectivity index (χ2n) is 4.79. The van der Waals surface area contributed by atoms with Crippen molar-refractivity contribution in [3.8, 4) is 11.8 Å². The van der Waals surface area contributed by atoms with Crippen molar-refractivity contribution in [2.45, 2.75) is 32.7 Å². The number of ether oxygens (including phenoxy) is 1. The van der Waals surface area contributed by atoms with Crippen LogP contribution in [0.15, 0.2) is 18.2 Å². The van der Waals surface area contributed by atoms with Crippen molar-refractivity contribution in [2.24, 2.45) is 0 Å². The second-order valence-corrected chi connectivity index (χ2v) is 4.79. The Labute approximate surface area is 119 Å². The summed E-state index contributed by atoms with van der Waals surface area (Å²) in [6.07, 6.45) is 1.23. The van der Waals surface area contributed by atoms with Gasteiger partial charge in [-0.2, -0.15) is 5.26 Å². The number of anilines is 1. The zero-order chi connectivity index (χ0) is 15.0. The van der Waals surface area contributed by atoms with Gasteiger partial charge >= 0.3 is 0 Å². The van der Waals surface area contributed by atoms with E-state index in [2.05, 4.69) is 24.5 Å². The molecule has 0 saturated carbocycles. The molecule has 5 heteroatoms. The number of nitriles is 1. The number of hydrogen-bond donors (Lipinski definition) is 2. The number of carbonyl (C=O) groups excluding carboxylic acids is 1. The molecule has 0 saturated heterocycles. The molecular formula is C15H21N3O2. The van der Waals surface area contributed by atoms with E-state index in [1.807, 2.05) is 6.07 Å². The first-order chi connectivity index (χ1) is 9.56. The van der Waals surface area contributed by atoms with Crippen LogP contribution in [0.3, 0.4) is 0 Å². The van der Waals surface area contributed by atoms with Crippen molar-refractivity contribution in [3.05, 3.63) is 23.8 Å². The molecule has 20 heavy (non-hydrogen) atoms. The van der Waals surface area contributed by atoms with Crippen molar-refractivity contribution < 1.29 is 9.53 Å². The van der Waals surface area contributed by atoms with E-state index >= 15 is 0 Å². The minimum Gasteiger partial charge on any atom is -0.495 e. The zero-order valence-electron chi connectivity index (χ0n) is 12.2. The van der Waals surface area contributed by atoms with Crippen LogP contribution in [-0.2, 0) is 4.79 Å². The van der Waals surface area contributed by atoms with Crippen LogP contribution in [0.1, 0.15) is 32.3 Å². The Balaban J connectivity index is 2.51. The first-order valence-electron chi connectivity index (χ1n) is 6.68. The van der Waals surface area contributed by atoms with Crippen LogP contribution in [0.4, 0.5) is 5.69 Å². The summed E-state index contributed by atoms with van der Waals surface area (Å²) in [5, 5.41) is 14.9. The van der Waals surface area contributed by atoms with E-state index in [9.17, 15) is 4.79 Å². The number of carbonyl (C=O) groups is 1. The fraction of sp³-hybridized carbons (Fsp3) is 0.467. The monoisotopic (exact) mass is 275 g/mol. The van der Waals surface area contributed by atoms with E-state index in [1.54, 1.807) is 18.2 Å². The summed E-state index contributed by atoms with van der Waals surface area (Å²) in [5.41, 5.74) is 1.09. The molecule has 0 heterocycles. The van der Waals surface area contributed by atoms with E-state index in [-0.39, 0.29) is 5.91 Å². The number of benzene rings is 1. The third kappa shape index (κ3) is 5.29. The predicted molar refractivity (Wildman–Crippen MR) is 78.7 cm³/mol. The van der Waals surface area contributed by atoms with Gasteiger partial charge in [0.05, 0.1) is 24.4 Å². The van der Waals surface area contributed by atoms with Crippen LogP contribution in [0.2, 0.25) is 0 Å². The Morgan fingerprint density at radius 1 is 1.45 bits per heavy atom. The Kier molecular flexibility index (Phi) is 6.54. The van der Waals surface area contributed by atoms with Crippen LogP contribution >= 0.6 is 0 Å². The molecule has 0 radical (unpaired) electrons. The maximum Gasteiger partial charge on any atom is 0.224 e. The number of nitrogens with one attached hydrogen (secondary N) is 2. The number of methoxy groups -OCH3 is 1. The first kappa shape index (κ1) is 16.0. The quantitative estimate of drug-likeness (QED) is 0.749. The van der Waals surface area contributed by atoms with Gasteiger partial charge in [-0.05, 0) is 25.1 Å². The van der Waals surface area contributed by atoms with Gasteiger partial charge in [0.15, 0.2) is 0 Å². The lowest BCUT2D eigenvalue weighted by Crippen LogP contribution is -2.24. The molecule has 2 N–H and O–H groups in total. The maximum atomic E-state index is 11.8. The standard InChI is InChI=1S/C15H21N3O2/c1-11(2)17-8-4-5-15(19)18-13-7-6-12(10-16)9-14(13)20-3/h6-7,9,11,17H,4-5,8H2,1-3H3,(H,18,19). The summed E-state index contributed by atoms with van der Waals surface area (Å²) >= 11 is 0. The Bertz CT molecular complexity index is 492. The minimum atomic E-state index is -0.0569. The Morgan fingerprint density at radius 3 is 2.80 bits per heavy atom. The molecule has 5 nitrogen and oxygen atoms in total. The zero-order valence-corrected chi connectivity index (χ0v) is 12.2. The summed E-state index contributed by atoms with van der Waals surface area (Å²) in [4.78, 5) is 11.8. The van der Waals surface area contributed by atoms with Crippen LogP contribution < -0.4 is 15.4 Å². The highest BCUT2D eigenvalue weighted by molar-refractivity contribution is 5.92. The normalized spacial score (nSPS) is 10.2. The summed E-state index contributed by atoms with van der Waals surface area (Å²) in [7, 11) is 1.51. The molecule has 0 bridgehead atoms. The molecule has 0 aliphatic heterocycles. The fourth-order valence-corrected chi connectivity index (χ4v) is 1.72. The largest absolute Gasteiger partial charge is 0.495 e. The average Bonchev–Trinajstić information content (AvgIpc) is 2.43. The lowest BCUT2D eigenvalue weighted by Gasteiger charge is -2.11. The predicted octanol–water partition coefficient (Wildman–Crippen LogP) is 2.28. The molecule has 108 valence electrons. The fourth-order valence-electron chi connectivity index (χ4n) is 1.72. The molecule has 0 spiro atoms. The van der Waals surface area contributed by atoms with E-state index in [0.29, 0.717) is 29.5 Å². The van der Waals surface area contributed by atoms with Crippen molar-refractivity contribution >= 4 is 11.6 Å². The van der Waals surface area contributed by atoms with E-state index in [0.717, 1.165) is 13.0 Å². The molecule has 0 aromatic heterocycles. The lowest BCUT2D eigenvalue weighted by molar-refractivity contribution is -0.116. The van der Waals surface area contributed by atoms with E-state index in [4.69, 9.17) is 10.00 Å². The molecule has 1 aromatic rings. The second kappa shape index (κ2) is 8.18. The van der Waals surface area contributed by atoms with Crippen molar-refractivity contribution in [2.75, 3.05) is 19.0 Å². The van der Waals surface area contributed by atoms with Crippen LogP contribution in [0.25, 0.3) is 0 Å². The topological polar surface area (TPSA) is 74.1 Å². The van der Waals surface area contributed by atoms with Gasteiger partial charge < -0.3 is 15.4 Å². The van der Waals surface area contributed by atoms with Crippen LogP contribution in [0, 0.1) is 11.3 Å². The number of hydrogen-bond acceptors (Lipinski definition) is 4. The highest BCUT2D eigenvalue weighted by Gasteiger charge is 2.08. The Morgan fingerprint density at radius 2 is 2.20 bits per heavy atom. The Hall–Kier alpha value is -2.06. The SMILES string of the molecule is COc1cc(C#N)ccc1NC(=O)CCCNC(C)C. The highest BCUT2D eigenvalue weighted by atomic mass is 16.5. The molecule has 1 amide bonds. The van der Waals surface area contributed by atoms with Gasteiger partial charge in [0.25, 0.3) is 0 Å². The van der Waals surface area contributed by atoms with Gasteiger partial charge in [-0.1, -0.05) is 13.8 Å². The average molecular weight is 275 g/mol. The van der Waals surface area contributed by atoms with Gasteiger partial charge in [-0.3, -0.25) is 4.79 Å². The van der Waals surface area contributed by atoms with Crippen molar-refractivity contribution in [1.82, 2.24) is 5.32 Å². The summed E-state index contributed by atoms with van der Waals surface area (Å²) < 4.78 is 5.17. The van der Waals surface area contributed by atoms with Gasteiger partial charge in [-0.15, -0.1) is 0 Å². The van der Waals surface area contributed by atoms with Crippen LogP contribution in [-0.4, -0.2) is 25.6 Å². The minimum absolute atomic E-state index is 0.0569. The lowest BCUT2D eigenvalue weighted by atomic mass is 10.2. The van der Waals surface area contributed by atoms with Gasteiger partial charge in [0, 0.05) is 18.5 Å².